The van der Waals surface area contributed by atoms with Crippen LogP contribution in [0.5, 0.6) is 23.0 Å². The molecular weight excluding hydrogens is 406 g/mol. The highest BCUT2D eigenvalue weighted by atomic mass is 32.1. The highest BCUT2D eigenvalue weighted by Gasteiger charge is 2.28. The van der Waals surface area contributed by atoms with Crippen LogP contribution in [0.15, 0.2) is 40.8 Å². The van der Waals surface area contributed by atoms with E-state index in [1.54, 1.807) is 4.68 Å². The molecule has 3 aliphatic heterocycles. The van der Waals surface area contributed by atoms with Crippen LogP contribution in [0.1, 0.15) is 24.4 Å². The lowest BCUT2D eigenvalue weighted by atomic mass is 10.0. The van der Waals surface area contributed by atoms with Gasteiger partial charge < -0.3 is 23.4 Å². The first kappa shape index (κ1) is 17.8. The quantitative estimate of drug-likeness (QED) is 0.578. The Morgan fingerprint density at radius 2 is 1.67 bits per heavy atom. The van der Waals surface area contributed by atoms with E-state index in [2.05, 4.69) is 22.1 Å². The average Bonchev–Trinajstić information content (AvgIpc) is 3.54. The third-order valence-corrected chi connectivity index (χ3v) is 5.98. The van der Waals surface area contributed by atoms with E-state index in [0.29, 0.717) is 23.1 Å². The Labute approximate surface area is 177 Å². The maximum absolute atomic E-state index is 5.78. The Morgan fingerprint density at radius 1 is 0.933 bits per heavy atom. The van der Waals surface area contributed by atoms with Crippen molar-refractivity contribution in [3.63, 3.8) is 0 Å². The van der Waals surface area contributed by atoms with Crippen molar-refractivity contribution in [3.8, 4) is 34.5 Å². The molecule has 1 unspecified atom stereocenters. The van der Waals surface area contributed by atoms with Crippen molar-refractivity contribution in [2.45, 2.75) is 25.6 Å². The van der Waals surface area contributed by atoms with Crippen molar-refractivity contribution in [2.75, 3.05) is 20.1 Å². The molecule has 3 aliphatic rings. The summed E-state index contributed by atoms with van der Waals surface area (Å²) in [6.45, 7) is 2.04. The summed E-state index contributed by atoms with van der Waals surface area (Å²) >= 11 is 5.44. The summed E-state index contributed by atoms with van der Waals surface area (Å²) in [5, 5.41) is 4.62. The second-order valence-electron chi connectivity index (χ2n) is 7.47. The van der Waals surface area contributed by atoms with Crippen LogP contribution in [0.4, 0.5) is 0 Å². The maximum Gasteiger partial charge on any atom is 0.288 e. The van der Waals surface area contributed by atoms with E-state index in [1.807, 2.05) is 24.3 Å². The van der Waals surface area contributed by atoms with Gasteiger partial charge in [0.1, 0.15) is 0 Å². The number of nitrogens with zero attached hydrogens (tertiary/aromatic N) is 3. The van der Waals surface area contributed by atoms with Gasteiger partial charge in [0.15, 0.2) is 23.0 Å². The smallest absolute Gasteiger partial charge is 0.288 e. The van der Waals surface area contributed by atoms with Crippen molar-refractivity contribution < 1.29 is 23.4 Å². The van der Waals surface area contributed by atoms with Crippen LogP contribution in [0, 0.1) is 4.84 Å². The fourth-order valence-electron chi connectivity index (χ4n) is 4.21. The molecule has 0 bridgehead atoms. The fourth-order valence-corrected chi connectivity index (χ4v) is 4.38. The molecule has 6 rings (SSSR count). The molecule has 154 valence electrons. The molecule has 0 radical (unpaired) electrons. The third kappa shape index (κ3) is 3.01. The molecule has 3 aromatic rings. The van der Waals surface area contributed by atoms with Crippen LogP contribution in [0.3, 0.4) is 0 Å². The van der Waals surface area contributed by atoms with Crippen LogP contribution >= 0.6 is 12.2 Å². The van der Waals surface area contributed by atoms with Crippen molar-refractivity contribution >= 4 is 12.2 Å². The molecule has 0 spiro atoms. The van der Waals surface area contributed by atoms with Gasteiger partial charge in [0.25, 0.3) is 4.84 Å². The topological polar surface area (TPSA) is 71.1 Å². The molecule has 4 heterocycles. The Kier molecular flexibility index (Phi) is 4.17. The molecule has 0 amide bonds. The van der Waals surface area contributed by atoms with E-state index in [9.17, 15) is 0 Å². The number of aromatic nitrogens is 2. The summed E-state index contributed by atoms with van der Waals surface area (Å²) < 4.78 is 29.3. The van der Waals surface area contributed by atoms with E-state index in [0.717, 1.165) is 42.2 Å². The number of hydrogen-bond donors (Lipinski definition) is 0. The largest absolute Gasteiger partial charge is 0.454 e. The lowest BCUT2D eigenvalue weighted by Crippen LogP contribution is -2.26. The minimum Gasteiger partial charge on any atom is -0.454 e. The zero-order valence-electron chi connectivity index (χ0n) is 16.1. The number of fused-ring (bicyclic) bond motifs is 2. The average molecular weight is 425 g/mol. The minimum atomic E-state index is 0.229. The van der Waals surface area contributed by atoms with Gasteiger partial charge in [-0.25, -0.2) is 4.68 Å². The Bertz CT molecular complexity index is 1170. The molecule has 0 N–H and O–H groups in total. The Balaban J connectivity index is 1.25. The number of benzene rings is 2. The predicted octanol–water partition coefficient (Wildman–Crippen LogP) is 4.12. The molecule has 9 heteroatoms. The number of hydrogen-bond acceptors (Lipinski definition) is 8. The van der Waals surface area contributed by atoms with Crippen molar-refractivity contribution in [1.82, 2.24) is 14.7 Å². The van der Waals surface area contributed by atoms with Gasteiger partial charge >= 0.3 is 0 Å². The van der Waals surface area contributed by atoms with Crippen molar-refractivity contribution in [2.24, 2.45) is 0 Å². The van der Waals surface area contributed by atoms with E-state index >= 15 is 0 Å². The van der Waals surface area contributed by atoms with Gasteiger partial charge in [-0.15, -0.1) is 5.10 Å². The lowest BCUT2D eigenvalue weighted by Gasteiger charge is -2.24. The van der Waals surface area contributed by atoms with Gasteiger partial charge in [-0.1, -0.05) is 6.07 Å². The molecule has 30 heavy (non-hydrogen) atoms. The van der Waals surface area contributed by atoms with E-state index in [4.69, 9.17) is 35.6 Å². The number of likely N-dealkylation sites (tertiary alicyclic amines) is 1. The monoisotopic (exact) mass is 425 g/mol. The van der Waals surface area contributed by atoms with Gasteiger partial charge in [0, 0.05) is 18.2 Å². The Morgan fingerprint density at radius 3 is 2.50 bits per heavy atom. The van der Waals surface area contributed by atoms with Crippen molar-refractivity contribution in [3.05, 3.63) is 46.8 Å². The zero-order chi connectivity index (χ0) is 20.1. The highest BCUT2D eigenvalue weighted by molar-refractivity contribution is 7.71. The molecular formula is C21H19N3O5S. The number of rotatable bonds is 4. The first-order valence-electron chi connectivity index (χ1n) is 9.86. The Hall–Kier alpha value is -3.04. The van der Waals surface area contributed by atoms with Gasteiger partial charge in [-0.05, 0) is 61.0 Å². The van der Waals surface area contributed by atoms with E-state index < -0.39 is 0 Å². The highest BCUT2D eigenvalue weighted by Crippen LogP contribution is 2.39. The van der Waals surface area contributed by atoms with Gasteiger partial charge in [-0.3, -0.25) is 4.90 Å². The van der Waals surface area contributed by atoms with Gasteiger partial charge in [0.05, 0.1) is 6.67 Å². The first-order valence-corrected chi connectivity index (χ1v) is 10.3. The molecule has 8 nitrogen and oxygen atoms in total. The van der Waals surface area contributed by atoms with Crippen molar-refractivity contribution in [1.29, 1.82) is 0 Å². The third-order valence-electron chi connectivity index (χ3n) is 5.69. The van der Waals surface area contributed by atoms with Gasteiger partial charge in [-0.2, -0.15) is 0 Å². The predicted molar refractivity (Wildman–Crippen MR) is 108 cm³/mol. The van der Waals surface area contributed by atoms with Crippen LogP contribution < -0.4 is 18.9 Å². The van der Waals surface area contributed by atoms with Crippen LogP contribution in [-0.2, 0) is 6.67 Å². The summed E-state index contributed by atoms with van der Waals surface area (Å²) in [6.07, 6.45) is 2.18. The van der Waals surface area contributed by atoms with E-state index in [1.165, 1.54) is 5.56 Å². The van der Waals surface area contributed by atoms with Crippen LogP contribution in [-0.4, -0.2) is 34.8 Å². The summed E-state index contributed by atoms with van der Waals surface area (Å²) in [4.78, 5) is 2.71. The molecule has 0 saturated carbocycles. The second kappa shape index (κ2) is 7.03. The molecule has 0 aliphatic carbocycles. The summed E-state index contributed by atoms with van der Waals surface area (Å²) in [5.41, 5.74) is 2.01. The zero-order valence-corrected chi connectivity index (χ0v) is 16.9. The lowest BCUT2D eigenvalue weighted by molar-refractivity contribution is 0.173. The summed E-state index contributed by atoms with van der Waals surface area (Å²) in [7, 11) is 0. The van der Waals surface area contributed by atoms with Crippen LogP contribution in [0.25, 0.3) is 11.5 Å². The van der Waals surface area contributed by atoms with E-state index in [-0.39, 0.29) is 19.6 Å². The fraction of sp³-hybridized carbons (Fsp3) is 0.333. The summed E-state index contributed by atoms with van der Waals surface area (Å²) in [6, 6.07) is 12.0. The molecule has 1 aromatic heterocycles. The van der Waals surface area contributed by atoms with Gasteiger partial charge in [0.2, 0.25) is 19.5 Å². The summed E-state index contributed by atoms with van der Waals surface area (Å²) in [5.74, 6) is 3.49. The van der Waals surface area contributed by atoms with Crippen LogP contribution in [0.2, 0.25) is 0 Å². The molecule has 1 fully saturated rings. The standard InChI is InChI=1S/C21H19N3O5S/c30-21-24(22-20(29-21)14-4-6-17-19(9-14)28-12-26-17)10-23-7-1-2-15(23)13-3-5-16-18(8-13)27-11-25-16/h3-6,8-9,15H,1-2,7,10-12H2. The molecule has 1 atom stereocenters. The SMILES string of the molecule is S=c1oc(-c2ccc3c(c2)OCO3)nn1CN1CCCC1c1ccc2c(c1)OCO2. The minimum absolute atomic E-state index is 0.229. The number of ether oxygens (including phenoxy) is 4. The first-order chi connectivity index (χ1) is 14.7. The normalized spacial score (nSPS) is 19.5. The molecule has 2 aromatic carbocycles. The molecule has 1 saturated heterocycles. The maximum atomic E-state index is 5.78. The second-order valence-corrected chi connectivity index (χ2v) is 7.81.